The number of halogens is 4. The van der Waals surface area contributed by atoms with Crippen LogP contribution in [0, 0.1) is 5.92 Å². The predicted octanol–water partition coefficient (Wildman–Crippen LogP) is 4.10. The van der Waals surface area contributed by atoms with Crippen LogP contribution in [-0.4, -0.2) is 6.36 Å². The van der Waals surface area contributed by atoms with Gasteiger partial charge in [-0.15, -0.1) is 13.2 Å². The van der Waals surface area contributed by atoms with Gasteiger partial charge < -0.3 is 4.74 Å². The third-order valence-corrected chi connectivity index (χ3v) is 1.56. The van der Waals surface area contributed by atoms with Crippen molar-refractivity contribution in [3.05, 3.63) is 36.4 Å². The zero-order valence-electron chi connectivity index (χ0n) is 8.49. The number of ether oxygens (including phenoxy) is 1. The number of hydrogen-bond acceptors (Lipinski definition) is 1. The standard InChI is InChI=1S/C10H12F4O/c1-6(2)7(3)5-9(11)8(4)15-10(12,13)14/h5-6H,3-4H2,1-2H3/b9-5+. The Bertz CT molecular complexity index is 286. The molecule has 0 rings (SSSR count). The molecule has 15 heavy (non-hydrogen) atoms. The van der Waals surface area contributed by atoms with Gasteiger partial charge in [-0.25, -0.2) is 4.39 Å². The summed E-state index contributed by atoms with van der Waals surface area (Å²) in [6.07, 6.45) is -4.06. The van der Waals surface area contributed by atoms with Crippen LogP contribution in [0.25, 0.3) is 0 Å². The highest BCUT2D eigenvalue weighted by molar-refractivity contribution is 5.27. The van der Waals surface area contributed by atoms with Crippen LogP contribution >= 0.6 is 0 Å². The van der Waals surface area contributed by atoms with Crippen molar-refractivity contribution in [3.63, 3.8) is 0 Å². The molecule has 0 radical (unpaired) electrons. The lowest BCUT2D eigenvalue weighted by atomic mass is 10.0. The van der Waals surface area contributed by atoms with Crippen LogP contribution in [0.1, 0.15) is 13.8 Å². The Balaban J connectivity index is 4.52. The molecule has 0 saturated heterocycles. The summed E-state index contributed by atoms with van der Waals surface area (Å²) in [5, 5.41) is 0. The highest BCUT2D eigenvalue weighted by Gasteiger charge is 2.32. The van der Waals surface area contributed by atoms with E-state index in [9.17, 15) is 17.6 Å². The minimum absolute atomic E-state index is 0.0607. The summed E-state index contributed by atoms with van der Waals surface area (Å²) in [5.74, 6) is -2.30. The van der Waals surface area contributed by atoms with Gasteiger partial charge in [0.05, 0.1) is 0 Å². The zero-order chi connectivity index (χ0) is 12.2. The molecule has 0 aliphatic heterocycles. The minimum Gasteiger partial charge on any atom is -0.403 e. The van der Waals surface area contributed by atoms with E-state index in [1.165, 1.54) is 0 Å². The predicted molar refractivity (Wildman–Crippen MR) is 49.4 cm³/mol. The Hall–Kier alpha value is -1.26. The number of hydrogen-bond donors (Lipinski definition) is 0. The average molecular weight is 224 g/mol. The largest absolute Gasteiger partial charge is 0.573 e. The quantitative estimate of drug-likeness (QED) is 0.397. The van der Waals surface area contributed by atoms with Gasteiger partial charge in [-0.1, -0.05) is 27.0 Å². The molecular formula is C10H12F4O. The van der Waals surface area contributed by atoms with Gasteiger partial charge in [0.2, 0.25) is 0 Å². The molecule has 0 bridgehead atoms. The fraction of sp³-hybridized carbons (Fsp3) is 0.400. The number of alkyl halides is 3. The topological polar surface area (TPSA) is 9.23 Å². The molecule has 86 valence electrons. The molecule has 0 aromatic rings. The molecule has 5 heteroatoms. The third kappa shape index (κ3) is 5.93. The molecular weight excluding hydrogens is 212 g/mol. The van der Waals surface area contributed by atoms with E-state index < -0.39 is 17.9 Å². The Labute approximate surface area is 85.7 Å². The molecule has 0 aliphatic rings. The van der Waals surface area contributed by atoms with Crippen LogP contribution in [0.4, 0.5) is 17.6 Å². The summed E-state index contributed by atoms with van der Waals surface area (Å²) < 4.78 is 51.3. The molecule has 0 N–H and O–H groups in total. The van der Waals surface area contributed by atoms with Crippen LogP contribution in [0.15, 0.2) is 36.4 Å². The lowest BCUT2D eigenvalue weighted by Gasteiger charge is -2.10. The van der Waals surface area contributed by atoms with Gasteiger partial charge >= 0.3 is 6.36 Å². The van der Waals surface area contributed by atoms with Crippen LogP contribution < -0.4 is 0 Å². The number of rotatable bonds is 4. The van der Waals surface area contributed by atoms with Gasteiger partial charge in [-0.05, 0) is 17.6 Å². The summed E-state index contributed by atoms with van der Waals surface area (Å²) in [6.45, 7) is 9.78. The van der Waals surface area contributed by atoms with E-state index >= 15 is 0 Å². The molecule has 0 unspecified atom stereocenters. The second-order valence-electron chi connectivity index (χ2n) is 3.19. The second kappa shape index (κ2) is 5.00. The molecule has 1 nitrogen and oxygen atoms in total. The molecule has 0 spiro atoms. The average Bonchev–Trinajstić information content (AvgIpc) is 2.00. The van der Waals surface area contributed by atoms with E-state index in [1.54, 1.807) is 13.8 Å². The van der Waals surface area contributed by atoms with Gasteiger partial charge in [0.25, 0.3) is 0 Å². The highest BCUT2D eigenvalue weighted by atomic mass is 19.4. The lowest BCUT2D eigenvalue weighted by molar-refractivity contribution is -0.304. The van der Waals surface area contributed by atoms with Crippen molar-refractivity contribution in [3.8, 4) is 0 Å². The van der Waals surface area contributed by atoms with Crippen molar-refractivity contribution >= 4 is 0 Å². The van der Waals surface area contributed by atoms with Crippen molar-refractivity contribution in [2.75, 3.05) is 0 Å². The molecule has 0 saturated carbocycles. The Morgan fingerprint density at radius 2 is 1.73 bits per heavy atom. The van der Waals surface area contributed by atoms with Crippen LogP contribution in [0.3, 0.4) is 0 Å². The zero-order valence-corrected chi connectivity index (χ0v) is 8.49. The minimum atomic E-state index is -4.93. The van der Waals surface area contributed by atoms with E-state index in [0.717, 1.165) is 6.08 Å². The van der Waals surface area contributed by atoms with Crippen LogP contribution in [-0.2, 0) is 4.74 Å². The maximum absolute atomic E-state index is 13.0. The van der Waals surface area contributed by atoms with Gasteiger partial charge in [0, 0.05) is 0 Å². The smallest absolute Gasteiger partial charge is 0.403 e. The fourth-order valence-electron chi connectivity index (χ4n) is 0.598. The fourth-order valence-corrected chi connectivity index (χ4v) is 0.598. The van der Waals surface area contributed by atoms with Crippen LogP contribution in [0.2, 0.25) is 0 Å². The lowest BCUT2D eigenvalue weighted by Crippen LogP contribution is -2.12. The van der Waals surface area contributed by atoms with Crippen molar-refractivity contribution in [2.45, 2.75) is 20.2 Å². The third-order valence-electron chi connectivity index (χ3n) is 1.56. The summed E-state index contributed by atoms with van der Waals surface area (Å²) in [7, 11) is 0. The Morgan fingerprint density at radius 3 is 2.07 bits per heavy atom. The summed E-state index contributed by atoms with van der Waals surface area (Å²) in [4.78, 5) is 0. The second-order valence-corrected chi connectivity index (χ2v) is 3.19. The maximum atomic E-state index is 13.0. The Kier molecular flexibility index (Phi) is 4.58. The van der Waals surface area contributed by atoms with Crippen molar-refractivity contribution in [1.29, 1.82) is 0 Å². The van der Waals surface area contributed by atoms with E-state index in [1.807, 2.05) is 0 Å². The molecule has 0 fully saturated rings. The molecule has 0 amide bonds. The summed E-state index contributed by atoms with van der Waals surface area (Å²) >= 11 is 0. The molecule has 0 atom stereocenters. The first-order chi connectivity index (χ1) is 6.63. The molecule has 0 heterocycles. The SMILES string of the molecule is C=C(OC(F)(F)F)/C(F)=C\C(=C)C(C)C. The first kappa shape index (κ1) is 13.7. The molecule has 0 aromatic heterocycles. The van der Waals surface area contributed by atoms with E-state index in [2.05, 4.69) is 17.9 Å². The summed E-state index contributed by atoms with van der Waals surface area (Å²) in [6, 6.07) is 0. The van der Waals surface area contributed by atoms with Crippen LogP contribution in [0.5, 0.6) is 0 Å². The maximum Gasteiger partial charge on any atom is 0.573 e. The van der Waals surface area contributed by atoms with Crippen molar-refractivity contribution in [2.24, 2.45) is 5.92 Å². The van der Waals surface area contributed by atoms with E-state index in [4.69, 9.17) is 0 Å². The van der Waals surface area contributed by atoms with E-state index in [0.29, 0.717) is 5.57 Å². The van der Waals surface area contributed by atoms with Crippen molar-refractivity contribution < 1.29 is 22.3 Å². The monoisotopic (exact) mass is 224 g/mol. The first-order valence-corrected chi connectivity index (χ1v) is 4.14. The summed E-state index contributed by atoms with van der Waals surface area (Å²) in [5.41, 5.74) is 0.361. The van der Waals surface area contributed by atoms with Gasteiger partial charge in [0.15, 0.2) is 11.6 Å². The highest BCUT2D eigenvalue weighted by Crippen LogP contribution is 2.25. The first-order valence-electron chi connectivity index (χ1n) is 4.14. The molecule has 0 aromatic carbocycles. The Morgan fingerprint density at radius 1 is 1.27 bits per heavy atom. The van der Waals surface area contributed by atoms with Crippen molar-refractivity contribution in [1.82, 2.24) is 0 Å². The van der Waals surface area contributed by atoms with Gasteiger partial charge in [-0.3, -0.25) is 0 Å². The molecule has 0 aliphatic carbocycles. The normalized spacial score (nSPS) is 12.9. The number of allylic oxidation sites excluding steroid dienone is 3. The van der Waals surface area contributed by atoms with Gasteiger partial charge in [0.1, 0.15) is 0 Å². The van der Waals surface area contributed by atoms with Gasteiger partial charge in [-0.2, -0.15) is 0 Å². The van der Waals surface area contributed by atoms with E-state index in [-0.39, 0.29) is 5.92 Å².